The molecule has 2 aliphatic carbocycles. The lowest BCUT2D eigenvalue weighted by atomic mass is 9.57. The molecule has 4 atom stereocenters. The Morgan fingerprint density at radius 2 is 2.04 bits per heavy atom. The number of fused-ring (bicyclic) bond motifs is 1. The van der Waals surface area contributed by atoms with E-state index < -0.39 is 0 Å². The average Bonchev–Trinajstić information content (AvgIpc) is 2.56. The third-order valence-electron chi connectivity index (χ3n) is 5.68. The van der Waals surface area contributed by atoms with Crippen LogP contribution in [0.1, 0.15) is 38.7 Å². The molecule has 0 saturated heterocycles. The summed E-state index contributed by atoms with van der Waals surface area (Å²) in [6.45, 7) is 4.98. The number of hydrogen-bond donors (Lipinski definition) is 0. The van der Waals surface area contributed by atoms with Crippen LogP contribution in [0.2, 0.25) is 0 Å². The maximum absolute atomic E-state index is 12.1. The van der Waals surface area contributed by atoms with Gasteiger partial charge in [-0.15, -0.1) is 0 Å². The van der Waals surface area contributed by atoms with E-state index in [1.807, 2.05) is 24.3 Å². The minimum atomic E-state index is -0.0593. The Bertz CT molecular complexity index is 619. The van der Waals surface area contributed by atoms with Crippen LogP contribution in [0.25, 0.3) is 0 Å². The smallest absolute Gasteiger partial charge is 0.166 e. The van der Waals surface area contributed by atoms with Crippen LogP contribution >= 0.6 is 0 Å². The van der Waals surface area contributed by atoms with Gasteiger partial charge in [0.05, 0.1) is 18.3 Å². The number of aldehydes is 1. The molecule has 1 aromatic carbocycles. The first-order valence-corrected chi connectivity index (χ1v) is 8.40. The molecule has 122 valence electrons. The van der Waals surface area contributed by atoms with Crippen molar-refractivity contribution in [1.29, 1.82) is 0 Å². The van der Waals surface area contributed by atoms with Crippen molar-refractivity contribution in [2.24, 2.45) is 17.3 Å². The number of benzene rings is 1. The van der Waals surface area contributed by atoms with E-state index in [0.717, 1.165) is 12.8 Å². The van der Waals surface area contributed by atoms with Crippen LogP contribution in [0.3, 0.4) is 0 Å². The van der Waals surface area contributed by atoms with Gasteiger partial charge in [-0.25, -0.2) is 0 Å². The van der Waals surface area contributed by atoms with Crippen LogP contribution in [0.5, 0.6) is 0 Å². The van der Waals surface area contributed by atoms with Crippen LogP contribution in [0, 0.1) is 17.3 Å². The van der Waals surface area contributed by atoms with Gasteiger partial charge in [0.25, 0.3) is 0 Å². The van der Waals surface area contributed by atoms with Gasteiger partial charge >= 0.3 is 0 Å². The van der Waals surface area contributed by atoms with Gasteiger partial charge in [-0.2, -0.15) is 0 Å². The van der Waals surface area contributed by atoms with Gasteiger partial charge in [0.2, 0.25) is 0 Å². The second kappa shape index (κ2) is 6.40. The summed E-state index contributed by atoms with van der Waals surface area (Å²) in [5.74, 6) is 0.553. The summed E-state index contributed by atoms with van der Waals surface area (Å²) < 4.78 is 6.16. The van der Waals surface area contributed by atoms with Crippen LogP contribution in [0.4, 0.5) is 0 Å². The minimum absolute atomic E-state index is 0.0157. The quantitative estimate of drug-likeness (QED) is 0.628. The van der Waals surface area contributed by atoms with Crippen molar-refractivity contribution in [1.82, 2.24) is 0 Å². The predicted octanol–water partition coefficient (Wildman–Crippen LogP) is 3.72. The Labute approximate surface area is 137 Å². The molecule has 3 rings (SSSR count). The van der Waals surface area contributed by atoms with Gasteiger partial charge in [-0.05, 0) is 35.7 Å². The van der Waals surface area contributed by atoms with Crippen molar-refractivity contribution in [2.45, 2.75) is 45.8 Å². The molecule has 3 heteroatoms. The molecule has 0 N–H and O–H groups in total. The van der Waals surface area contributed by atoms with E-state index in [-0.39, 0.29) is 23.2 Å². The number of allylic oxidation sites excluding steroid dienone is 2. The molecule has 1 saturated carbocycles. The molecule has 0 bridgehead atoms. The van der Waals surface area contributed by atoms with E-state index in [1.54, 1.807) is 0 Å². The topological polar surface area (TPSA) is 43.4 Å². The monoisotopic (exact) mass is 312 g/mol. The Morgan fingerprint density at radius 3 is 2.74 bits per heavy atom. The van der Waals surface area contributed by atoms with Crippen molar-refractivity contribution in [3.05, 3.63) is 47.5 Å². The van der Waals surface area contributed by atoms with E-state index in [9.17, 15) is 9.59 Å². The van der Waals surface area contributed by atoms with Gasteiger partial charge in [0.15, 0.2) is 12.1 Å². The third kappa shape index (κ3) is 3.16. The molecule has 3 nitrogen and oxygen atoms in total. The standard InChI is InChI=1S/C20H24O3/c1-14-17-10-18(22)16(12-21)11-20(17,2)9-8-19(14)23-13-15-6-4-3-5-7-15/h3-7,11-12,14,17,19H,8-10,13H2,1-2H3/t14-,17-,19-,20+/m0/s1. The molecule has 0 radical (unpaired) electrons. The third-order valence-corrected chi connectivity index (χ3v) is 5.68. The number of hydrogen-bond acceptors (Lipinski definition) is 3. The van der Waals surface area contributed by atoms with Gasteiger partial charge in [0.1, 0.15) is 0 Å². The highest BCUT2D eigenvalue weighted by Crippen LogP contribution is 2.50. The van der Waals surface area contributed by atoms with Crippen molar-refractivity contribution < 1.29 is 14.3 Å². The fourth-order valence-electron chi connectivity index (χ4n) is 4.23. The van der Waals surface area contributed by atoms with Crippen molar-refractivity contribution >= 4 is 12.1 Å². The molecule has 2 aliphatic rings. The highest BCUT2D eigenvalue weighted by molar-refractivity contribution is 6.12. The number of ether oxygens (including phenoxy) is 1. The second-order valence-corrected chi connectivity index (χ2v) is 7.19. The summed E-state index contributed by atoms with van der Waals surface area (Å²) in [6, 6.07) is 10.2. The molecular weight excluding hydrogens is 288 g/mol. The summed E-state index contributed by atoms with van der Waals surface area (Å²) in [5, 5.41) is 0. The fraction of sp³-hybridized carbons (Fsp3) is 0.500. The Hall–Kier alpha value is -1.74. The molecule has 0 unspecified atom stereocenters. The summed E-state index contributed by atoms with van der Waals surface area (Å²) in [6.07, 6.45) is 5.21. The first-order valence-electron chi connectivity index (χ1n) is 8.40. The Morgan fingerprint density at radius 1 is 1.30 bits per heavy atom. The van der Waals surface area contributed by atoms with E-state index in [2.05, 4.69) is 26.0 Å². The fourth-order valence-corrected chi connectivity index (χ4v) is 4.23. The van der Waals surface area contributed by atoms with Crippen molar-refractivity contribution in [3.8, 4) is 0 Å². The highest BCUT2D eigenvalue weighted by Gasteiger charge is 2.47. The Balaban J connectivity index is 1.71. The molecule has 0 amide bonds. The average molecular weight is 312 g/mol. The van der Waals surface area contributed by atoms with Crippen LogP contribution < -0.4 is 0 Å². The molecule has 0 heterocycles. The molecule has 23 heavy (non-hydrogen) atoms. The van der Waals surface area contributed by atoms with Crippen molar-refractivity contribution in [3.63, 3.8) is 0 Å². The second-order valence-electron chi connectivity index (χ2n) is 7.19. The molecule has 1 fully saturated rings. The Kier molecular flexibility index (Phi) is 4.49. The van der Waals surface area contributed by atoms with Crippen LogP contribution in [-0.2, 0) is 20.9 Å². The maximum Gasteiger partial charge on any atom is 0.166 e. The molecule has 0 spiro atoms. The maximum atomic E-state index is 12.1. The van der Waals surface area contributed by atoms with Gasteiger partial charge < -0.3 is 4.74 Å². The van der Waals surface area contributed by atoms with E-state index in [1.165, 1.54) is 5.56 Å². The van der Waals surface area contributed by atoms with E-state index in [0.29, 0.717) is 30.8 Å². The highest BCUT2D eigenvalue weighted by atomic mass is 16.5. The zero-order valence-corrected chi connectivity index (χ0v) is 13.8. The normalized spacial score (nSPS) is 33.7. The van der Waals surface area contributed by atoms with Gasteiger partial charge in [-0.1, -0.05) is 50.3 Å². The summed E-state index contributed by atoms with van der Waals surface area (Å²) in [5.41, 5.74) is 1.48. The first-order chi connectivity index (χ1) is 11.0. The van der Waals surface area contributed by atoms with Crippen LogP contribution in [-0.4, -0.2) is 18.2 Å². The molecule has 0 aliphatic heterocycles. The first kappa shape index (κ1) is 16.1. The van der Waals surface area contributed by atoms with Gasteiger partial charge in [-0.3, -0.25) is 9.59 Å². The van der Waals surface area contributed by atoms with Gasteiger partial charge in [0, 0.05) is 6.42 Å². The largest absolute Gasteiger partial charge is 0.373 e. The lowest BCUT2D eigenvalue weighted by molar-refractivity contribution is -0.125. The predicted molar refractivity (Wildman–Crippen MR) is 88.8 cm³/mol. The lowest BCUT2D eigenvalue weighted by Crippen LogP contribution is -2.46. The molecular formula is C20H24O3. The summed E-state index contributed by atoms with van der Waals surface area (Å²) in [7, 11) is 0. The molecule has 0 aromatic heterocycles. The number of rotatable bonds is 4. The lowest BCUT2D eigenvalue weighted by Gasteiger charge is -2.49. The zero-order chi connectivity index (χ0) is 16.4. The number of carbonyl (C=O) groups is 2. The number of carbonyl (C=O) groups excluding carboxylic acids is 2. The number of ketones is 1. The van der Waals surface area contributed by atoms with E-state index >= 15 is 0 Å². The summed E-state index contributed by atoms with van der Waals surface area (Å²) >= 11 is 0. The summed E-state index contributed by atoms with van der Waals surface area (Å²) in [4.78, 5) is 23.2. The molecule has 1 aromatic rings. The SMILES string of the molecule is C[C@@H]1[C@@H](OCc2ccccc2)CC[C@]2(C)C=C(C=O)C(=O)C[C@@H]12. The number of Topliss-reactive ketones (excluding diaryl/α,β-unsaturated/α-hetero) is 1. The van der Waals surface area contributed by atoms with Crippen molar-refractivity contribution in [2.75, 3.05) is 0 Å². The minimum Gasteiger partial charge on any atom is -0.373 e. The zero-order valence-electron chi connectivity index (χ0n) is 13.8. The van der Waals surface area contributed by atoms with E-state index in [4.69, 9.17) is 4.74 Å². The van der Waals surface area contributed by atoms with Crippen LogP contribution in [0.15, 0.2) is 42.0 Å².